The smallest absolute Gasteiger partial charge is 0.286 e. The first-order chi connectivity index (χ1) is 9.08. The van der Waals surface area contributed by atoms with Gasteiger partial charge in [-0.2, -0.15) is 8.42 Å². The number of rotatable bonds is 1. The van der Waals surface area contributed by atoms with Gasteiger partial charge in [0.15, 0.2) is 5.75 Å². The molecule has 0 aliphatic carbocycles. The zero-order valence-electron chi connectivity index (χ0n) is 9.78. The predicted molar refractivity (Wildman–Crippen MR) is 71.6 cm³/mol. The molecular weight excluding hydrogens is 264 g/mol. The molecular formula is C13H10N2O3S. The van der Waals surface area contributed by atoms with E-state index in [9.17, 15) is 8.42 Å². The molecule has 2 aromatic rings. The van der Waals surface area contributed by atoms with Crippen molar-refractivity contribution in [2.75, 3.05) is 5.73 Å². The van der Waals surface area contributed by atoms with E-state index in [0.717, 1.165) is 0 Å². The summed E-state index contributed by atoms with van der Waals surface area (Å²) in [5.41, 5.74) is 6.63. The molecule has 0 atom stereocenters. The topological polar surface area (TPSA) is 81.8 Å². The SMILES string of the molecule is Nc1ccccc1OC1=NS(=O)(=O)c2ccccc21. The molecule has 0 saturated heterocycles. The second-order valence-electron chi connectivity index (χ2n) is 4.01. The van der Waals surface area contributed by atoms with Gasteiger partial charge < -0.3 is 10.5 Å². The van der Waals surface area contributed by atoms with Crippen LogP contribution in [0.3, 0.4) is 0 Å². The monoisotopic (exact) mass is 274 g/mol. The van der Waals surface area contributed by atoms with Gasteiger partial charge in [0.25, 0.3) is 10.0 Å². The fourth-order valence-corrected chi connectivity index (χ4v) is 2.96. The molecule has 0 spiro atoms. The van der Waals surface area contributed by atoms with Crippen molar-refractivity contribution in [1.82, 2.24) is 0 Å². The Hall–Kier alpha value is -2.34. The first-order valence-electron chi connectivity index (χ1n) is 5.55. The number of fused-ring (bicyclic) bond motifs is 1. The number of ether oxygens (including phenoxy) is 1. The van der Waals surface area contributed by atoms with Crippen molar-refractivity contribution in [2.24, 2.45) is 4.40 Å². The highest BCUT2D eigenvalue weighted by Gasteiger charge is 2.30. The molecule has 5 nitrogen and oxygen atoms in total. The fraction of sp³-hybridized carbons (Fsp3) is 0. The summed E-state index contributed by atoms with van der Waals surface area (Å²) >= 11 is 0. The summed E-state index contributed by atoms with van der Waals surface area (Å²) in [5.74, 6) is 0.432. The lowest BCUT2D eigenvalue weighted by Crippen LogP contribution is -2.09. The number of sulfonamides is 1. The minimum atomic E-state index is -3.67. The summed E-state index contributed by atoms with van der Waals surface area (Å²) in [6.07, 6.45) is 0. The van der Waals surface area contributed by atoms with E-state index < -0.39 is 10.0 Å². The van der Waals surface area contributed by atoms with E-state index in [1.54, 1.807) is 42.5 Å². The lowest BCUT2D eigenvalue weighted by atomic mass is 10.2. The molecule has 1 aliphatic rings. The lowest BCUT2D eigenvalue weighted by Gasteiger charge is -2.07. The Balaban J connectivity index is 2.07. The van der Waals surface area contributed by atoms with Crippen molar-refractivity contribution >= 4 is 21.6 Å². The number of hydrogen-bond acceptors (Lipinski definition) is 4. The van der Waals surface area contributed by atoms with Gasteiger partial charge in [-0.15, -0.1) is 4.40 Å². The van der Waals surface area contributed by atoms with E-state index in [4.69, 9.17) is 10.5 Å². The van der Waals surface area contributed by atoms with Crippen LogP contribution in [-0.2, 0) is 10.0 Å². The molecule has 0 bridgehead atoms. The van der Waals surface area contributed by atoms with E-state index in [2.05, 4.69) is 4.40 Å². The van der Waals surface area contributed by atoms with Crippen molar-refractivity contribution in [3.8, 4) is 5.75 Å². The van der Waals surface area contributed by atoms with Crippen LogP contribution in [0.2, 0.25) is 0 Å². The normalized spacial score (nSPS) is 15.7. The van der Waals surface area contributed by atoms with Crippen LogP contribution in [0.1, 0.15) is 5.56 Å². The molecule has 0 saturated carbocycles. The van der Waals surface area contributed by atoms with Crippen LogP contribution in [0.25, 0.3) is 0 Å². The second-order valence-corrected chi connectivity index (χ2v) is 5.58. The molecule has 0 aromatic heterocycles. The molecule has 0 amide bonds. The van der Waals surface area contributed by atoms with Gasteiger partial charge in [0.1, 0.15) is 4.90 Å². The van der Waals surface area contributed by atoms with E-state index in [-0.39, 0.29) is 10.8 Å². The zero-order chi connectivity index (χ0) is 13.5. The van der Waals surface area contributed by atoms with Gasteiger partial charge in [-0.3, -0.25) is 0 Å². The van der Waals surface area contributed by atoms with Crippen LogP contribution in [0.4, 0.5) is 5.69 Å². The van der Waals surface area contributed by atoms with Crippen LogP contribution in [0.5, 0.6) is 5.75 Å². The second kappa shape index (κ2) is 4.10. The largest absolute Gasteiger partial charge is 0.435 e. The van der Waals surface area contributed by atoms with Crippen LogP contribution in [0, 0.1) is 0 Å². The van der Waals surface area contributed by atoms with Gasteiger partial charge in [0.05, 0.1) is 11.3 Å². The Morgan fingerprint density at radius 3 is 2.47 bits per heavy atom. The predicted octanol–water partition coefficient (Wildman–Crippen LogP) is 1.80. The molecule has 96 valence electrons. The van der Waals surface area contributed by atoms with Gasteiger partial charge in [0, 0.05) is 0 Å². The summed E-state index contributed by atoms with van der Waals surface area (Å²) in [6, 6.07) is 13.4. The van der Waals surface area contributed by atoms with Crippen molar-refractivity contribution in [2.45, 2.75) is 4.90 Å². The highest BCUT2D eigenvalue weighted by molar-refractivity contribution is 7.90. The van der Waals surface area contributed by atoms with Gasteiger partial charge in [-0.05, 0) is 24.3 Å². The Morgan fingerprint density at radius 1 is 1.00 bits per heavy atom. The van der Waals surface area contributed by atoms with Crippen molar-refractivity contribution in [3.05, 3.63) is 54.1 Å². The van der Waals surface area contributed by atoms with Crippen molar-refractivity contribution in [1.29, 1.82) is 0 Å². The molecule has 2 N–H and O–H groups in total. The number of nitrogens with zero attached hydrogens (tertiary/aromatic N) is 1. The summed E-state index contributed by atoms with van der Waals surface area (Å²) in [4.78, 5) is 0.152. The molecule has 6 heteroatoms. The summed E-state index contributed by atoms with van der Waals surface area (Å²) in [6.45, 7) is 0. The van der Waals surface area contributed by atoms with Crippen molar-refractivity contribution in [3.63, 3.8) is 0 Å². The Kier molecular flexibility index (Phi) is 2.53. The Morgan fingerprint density at radius 2 is 1.68 bits per heavy atom. The van der Waals surface area contributed by atoms with Crippen LogP contribution < -0.4 is 10.5 Å². The van der Waals surface area contributed by atoms with Crippen LogP contribution in [-0.4, -0.2) is 14.3 Å². The molecule has 0 fully saturated rings. The third kappa shape index (κ3) is 1.96. The maximum absolute atomic E-state index is 11.8. The van der Waals surface area contributed by atoms with Crippen LogP contribution >= 0.6 is 0 Å². The minimum absolute atomic E-state index is 0.0495. The lowest BCUT2D eigenvalue weighted by molar-refractivity contribution is 0.556. The third-order valence-corrected chi connectivity index (χ3v) is 4.04. The zero-order valence-corrected chi connectivity index (χ0v) is 10.6. The average molecular weight is 274 g/mol. The molecule has 0 unspecified atom stereocenters. The molecule has 0 radical (unpaired) electrons. The number of para-hydroxylation sites is 2. The standard InChI is InChI=1S/C13H10N2O3S/c14-10-6-2-3-7-11(10)18-13-9-5-1-4-8-12(9)19(16,17)15-13/h1-8H,14H2. The van der Waals surface area contributed by atoms with Gasteiger partial charge in [-0.25, -0.2) is 0 Å². The molecule has 19 heavy (non-hydrogen) atoms. The van der Waals surface area contributed by atoms with E-state index in [1.165, 1.54) is 6.07 Å². The first-order valence-corrected chi connectivity index (χ1v) is 6.99. The van der Waals surface area contributed by atoms with E-state index in [1.807, 2.05) is 0 Å². The van der Waals surface area contributed by atoms with E-state index >= 15 is 0 Å². The number of benzene rings is 2. The molecule has 1 heterocycles. The Labute approximate surface area is 110 Å². The number of nitrogen functional groups attached to an aromatic ring is 1. The summed E-state index contributed by atoms with van der Waals surface area (Å²) in [7, 11) is -3.67. The summed E-state index contributed by atoms with van der Waals surface area (Å²) < 4.78 is 32.8. The minimum Gasteiger partial charge on any atom is -0.435 e. The highest BCUT2D eigenvalue weighted by Crippen LogP contribution is 2.29. The number of anilines is 1. The first kappa shape index (κ1) is 11.7. The molecule has 2 aromatic carbocycles. The molecule has 3 rings (SSSR count). The average Bonchev–Trinajstić information content (AvgIpc) is 2.65. The Bertz CT molecular complexity index is 782. The van der Waals surface area contributed by atoms with Gasteiger partial charge in [-0.1, -0.05) is 24.3 Å². The summed E-state index contributed by atoms with van der Waals surface area (Å²) in [5, 5.41) is 0. The molecule has 1 aliphatic heterocycles. The number of nitrogens with two attached hydrogens (primary N) is 1. The number of hydrogen-bond donors (Lipinski definition) is 1. The fourth-order valence-electron chi connectivity index (χ4n) is 1.83. The van der Waals surface area contributed by atoms with Gasteiger partial charge in [0.2, 0.25) is 5.90 Å². The maximum Gasteiger partial charge on any atom is 0.286 e. The van der Waals surface area contributed by atoms with Crippen molar-refractivity contribution < 1.29 is 13.2 Å². The van der Waals surface area contributed by atoms with Crippen LogP contribution in [0.15, 0.2) is 57.8 Å². The third-order valence-electron chi connectivity index (χ3n) is 2.72. The highest BCUT2D eigenvalue weighted by atomic mass is 32.2. The van der Waals surface area contributed by atoms with E-state index in [0.29, 0.717) is 17.0 Å². The quantitative estimate of drug-likeness (QED) is 0.804. The maximum atomic E-state index is 11.8. The van der Waals surface area contributed by atoms with Gasteiger partial charge >= 0.3 is 0 Å².